The van der Waals surface area contributed by atoms with Crippen LogP contribution in [0.15, 0.2) is 0 Å². The predicted octanol–water partition coefficient (Wildman–Crippen LogP) is 1.79. The highest BCUT2D eigenvalue weighted by Gasteiger charge is 2.28. The molecule has 0 aromatic rings. The zero-order chi connectivity index (χ0) is 12.7. The van der Waals surface area contributed by atoms with Gasteiger partial charge in [0.25, 0.3) is 0 Å². The first-order valence-electron chi connectivity index (χ1n) is 7.26. The van der Waals surface area contributed by atoms with E-state index in [0.29, 0.717) is 0 Å². The summed E-state index contributed by atoms with van der Waals surface area (Å²) < 4.78 is 0. The molecule has 1 aliphatic heterocycles. The second-order valence-electron chi connectivity index (χ2n) is 5.68. The predicted molar refractivity (Wildman–Crippen MR) is 75.5 cm³/mol. The van der Waals surface area contributed by atoms with Crippen LogP contribution in [0.1, 0.15) is 39.5 Å². The van der Waals surface area contributed by atoms with Crippen LogP contribution >= 0.6 is 0 Å². The van der Waals surface area contributed by atoms with Crippen molar-refractivity contribution in [3.8, 4) is 0 Å². The quantitative estimate of drug-likeness (QED) is 0.654. The highest BCUT2D eigenvalue weighted by atomic mass is 15.2. The summed E-state index contributed by atoms with van der Waals surface area (Å²) in [5.41, 5.74) is 0. The summed E-state index contributed by atoms with van der Waals surface area (Å²) in [4.78, 5) is 5.04. The molecular formula is C14H31N3. The van der Waals surface area contributed by atoms with Crippen LogP contribution in [0.5, 0.6) is 0 Å². The van der Waals surface area contributed by atoms with E-state index in [1.54, 1.807) is 0 Å². The molecule has 0 radical (unpaired) electrons. The van der Waals surface area contributed by atoms with Crippen LogP contribution in [0.4, 0.5) is 0 Å². The Balaban J connectivity index is 2.26. The van der Waals surface area contributed by atoms with Crippen molar-refractivity contribution >= 4 is 0 Å². The van der Waals surface area contributed by atoms with Crippen molar-refractivity contribution in [2.24, 2.45) is 0 Å². The number of likely N-dealkylation sites (tertiary alicyclic amines) is 1. The molecule has 2 unspecified atom stereocenters. The third-order valence-corrected chi connectivity index (χ3v) is 3.73. The summed E-state index contributed by atoms with van der Waals surface area (Å²) in [7, 11) is 4.37. The Morgan fingerprint density at radius 1 is 1.35 bits per heavy atom. The topological polar surface area (TPSA) is 18.5 Å². The maximum absolute atomic E-state index is 3.51. The summed E-state index contributed by atoms with van der Waals surface area (Å²) in [5.74, 6) is 0. The average Bonchev–Trinajstić information content (AvgIpc) is 2.71. The molecule has 1 fully saturated rings. The molecular weight excluding hydrogens is 210 g/mol. The molecule has 0 spiro atoms. The van der Waals surface area contributed by atoms with E-state index in [1.165, 1.54) is 45.3 Å². The first kappa shape index (κ1) is 14.9. The van der Waals surface area contributed by atoms with Crippen LogP contribution in [-0.4, -0.2) is 62.2 Å². The lowest BCUT2D eigenvalue weighted by Crippen LogP contribution is -2.43. The first-order valence-corrected chi connectivity index (χ1v) is 7.26. The smallest absolute Gasteiger partial charge is 0.0226 e. The van der Waals surface area contributed by atoms with Crippen molar-refractivity contribution in [1.82, 2.24) is 15.1 Å². The van der Waals surface area contributed by atoms with Crippen molar-refractivity contribution in [1.29, 1.82) is 0 Å². The van der Waals surface area contributed by atoms with Crippen LogP contribution < -0.4 is 5.32 Å². The molecule has 1 N–H and O–H groups in total. The van der Waals surface area contributed by atoms with Crippen LogP contribution in [0, 0.1) is 0 Å². The Morgan fingerprint density at radius 2 is 2.12 bits per heavy atom. The zero-order valence-electron chi connectivity index (χ0n) is 12.2. The molecule has 0 bridgehead atoms. The van der Waals surface area contributed by atoms with E-state index in [0.717, 1.165) is 18.6 Å². The summed E-state index contributed by atoms with van der Waals surface area (Å²) >= 11 is 0. The molecule has 1 rings (SSSR count). The number of likely N-dealkylation sites (N-methyl/N-ethyl adjacent to an activating group) is 1. The molecule has 0 amide bonds. The van der Waals surface area contributed by atoms with Gasteiger partial charge in [0, 0.05) is 18.6 Å². The Kier molecular flexibility index (Phi) is 7.09. The number of hydrogen-bond donors (Lipinski definition) is 1. The van der Waals surface area contributed by atoms with Crippen LogP contribution in [0.3, 0.4) is 0 Å². The van der Waals surface area contributed by atoms with Crippen molar-refractivity contribution < 1.29 is 0 Å². The molecule has 1 saturated heterocycles. The number of rotatable bonds is 8. The monoisotopic (exact) mass is 241 g/mol. The molecule has 2 atom stereocenters. The summed E-state index contributed by atoms with van der Waals surface area (Å²) in [6.07, 6.45) is 5.28. The SMILES string of the molecule is CCCNCCC(C)N1CCCC1CN(C)C. The minimum absolute atomic E-state index is 0.729. The fourth-order valence-corrected chi connectivity index (χ4v) is 2.83. The summed E-state index contributed by atoms with van der Waals surface area (Å²) in [6.45, 7) is 9.46. The minimum atomic E-state index is 0.729. The van der Waals surface area contributed by atoms with Crippen LogP contribution in [-0.2, 0) is 0 Å². The molecule has 17 heavy (non-hydrogen) atoms. The molecule has 102 valence electrons. The summed E-state index contributed by atoms with van der Waals surface area (Å²) in [6, 6.07) is 1.51. The molecule has 0 saturated carbocycles. The van der Waals surface area contributed by atoms with Gasteiger partial charge >= 0.3 is 0 Å². The molecule has 3 heteroatoms. The lowest BCUT2D eigenvalue weighted by molar-refractivity contribution is 0.155. The van der Waals surface area contributed by atoms with Gasteiger partial charge in [0.2, 0.25) is 0 Å². The number of nitrogens with zero attached hydrogens (tertiary/aromatic N) is 2. The third-order valence-electron chi connectivity index (χ3n) is 3.73. The third kappa shape index (κ3) is 5.36. The van der Waals surface area contributed by atoms with E-state index in [9.17, 15) is 0 Å². The highest BCUT2D eigenvalue weighted by molar-refractivity contribution is 4.84. The largest absolute Gasteiger partial charge is 0.317 e. The standard InChI is InChI=1S/C14H31N3/c1-5-9-15-10-8-13(2)17-11-6-7-14(17)12-16(3)4/h13-15H,5-12H2,1-4H3. The first-order chi connectivity index (χ1) is 8.15. The van der Waals surface area contributed by atoms with Gasteiger partial charge in [-0.05, 0) is 66.3 Å². The van der Waals surface area contributed by atoms with Gasteiger partial charge in [-0.15, -0.1) is 0 Å². The highest BCUT2D eigenvalue weighted by Crippen LogP contribution is 2.21. The van der Waals surface area contributed by atoms with Gasteiger partial charge in [0.05, 0.1) is 0 Å². The zero-order valence-corrected chi connectivity index (χ0v) is 12.2. The van der Waals surface area contributed by atoms with Gasteiger partial charge in [0.15, 0.2) is 0 Å². The molecule has 1 heterocycles. The molecule has 1 aliphatic rings. The van der Waals surface area contributed by atoms with E-state index in [4.69, 9.17) is 0 Å². The van der Waals surface area contributed by atoms with Gasteiger partial charge < -0.3 is 10.2 Å². The van der Waals surface area contributed by atoms with Crippen molar-refractivity contribution in [2.45, 2.75) is 51.6 Å². The van der Waals surface area contributed by atoms with Gasteiger partial charge in [-0.1, -0.05) is 6.92 Å². The van der Waals surface area contributed by atoms with Gasteiger partial charge in [-0.2, -0.15) is 0 Å². The van der Waals surface area contributed by atoms with Crippen LogP contribution in [0.25, 0.3) is 0 Å². The molecule has 0 aliphatic carbocycles. The van der Waals surface area contributed by atoms with E-state index >= 15 is 0 Å². The molecule has 0 aromatic heterocycles. The van der Waals surface area contributed by atoms with Gasteiger partial charge in [0.1, 0.15) is 0 Å². The van der Waals surface area contributed by atoms with Crippen molar-refractivity contribution in [2.75, 3.05) is 40.3 Å². The lowest BCUT2D eigenvalue weighted by atomic mass is 10.1. The van der Waals surface area contributed by atoms with E-state index in [1.807, 2.05) is 0 Å². The Hall–Kier alpha value is -0.120. The van der Waals surface area contributed by atoms with E-state index in [-0.39, 0.29) is 0 Å². The summed E-state index contributed by atoms with van der Waals surface area (Å²) in [5, 5.41) is 3.51. The Bertz CT molecular complexity index is 194. The Morgan fingerprint density at radius 3 is 2.76 bits per heavy atom. The fourth-order valence-electron chi connectivity index (χ4n) is 2.83. The van der Waals surface area contributed by atoms with E-state index in [2.05, 4.69) is 43.1 Å². The Labute approximate surface area is 108 Å². The van der Waals surface area contributed by atoms with Crippen molar-refractivity contribution in [3.63, 3.8) is 0 Å². The normalized spacial score (nSPS) is 23.5. The minimum Gasteiger partial charge on any atom is -0.317 e. The van der Waals surface area contributed by atoms with Crippen LogP contribution in [0.2, 0.25) is 0 Å². The maximum atomic E-state index is 3.51. The number of hydrogen-bond acceptors (Lipinski definition) is 3. The second kappa shape index (κ2) is 8.06. The molecule has 3 nitrogen and oxygen atoms in total. The van der Waals surface area contributed by atoms with Gasteiger partial charge in [-0.3, -0.25) is 4.90 Å². The van der Waals surface area contributed by atoms with Crippen molar-refractivity contribution in [3.05, 3.63) is 0 Å². The number of nitrogens with one attached hydrogen (secondary N) is 1. The lowest BCUT2D eigenvalue weighted by Gasteiger charge is -2.32. The maximum Gasteiger partial charge on any atom is 0.0226 e. The van der Waals surface area contributed by atoms with Gasteiger partial charge in [-0.25, -0.2) is 0 Å². The molecule has 0 aromatic carbocycles. The second-order valence-corrected chi connectivity index (χ2v) is 5.68. The average molecular weight is 241 g/mol. The van der Waals surface area contributed by atoms with E-state index < -0.39 is 0 Å². The fraction of sp³-hybridized carbons (Fsp3) is 1.00.